The Morgan fingerprint density at radius 2 is 1.83 bits per heavy atom. The molecule has 1 heterocycles. The zero-order valence-corrected chi connectivity index (χ0v) is 15.4. The fourth-order valence-corrected chi connectivity index (χ4v) is 5.49. The van der Waals surface area contributed by atoms with E-state index < -0.39 is 10.0 Å². The molecule has 1 saturated heterocycles. The summed E-state index contributed by atoms with van der Waals surface area (Å²) < 4.78 is 25.1. The van der Waals surface area contributed by atoms with Crippen LogP contribution < -0.4 is 10.5 Å². The number of hydrogen-bond donors (Lipinski definition) is 2. The number of nitrogens with zero attached hydrogens (tertiary/aromatic N) is 1. The first kappa shape index (κ1) is 18.1. The number of hydrogen-bond acceptors (Lipinski definition) is 4. The second-order valence-corrected chi connectivity index (χ2v) is 9.94. The summed E-state index contributed by atoms with van der Waals surface area (Å²) in [6.45, 7) is 1.93. The number of likely N-dealkylation sites (tertiary alicyclic amines) is 1. The summed E-state index contributed by atoms with van der Waals surface area (Å²) in [6.07, 6.45) is 8.60. The third-order valence-electron chi connectivity index (χ3n) is 6.23. The third kappa shape index (κ3) is 4.29. The highest BCUT2D eigenvalue weighted by atomic mass is 32.2. The predicted molar refractivity (Wildman–Crippen MR) is 93.7 cm³/mol. The quantitative estimate of drug-likeness (QED) is 0.783. The molecule has 3 fully saturated rings. The van der Waals surface area contributed by atoms with E-state index in [2.05, 4.69) is 4.72 Å². The van der Waals surface area contributed by atoms with Crippen molar-refractivity contribution in [1.82, 2.24) is 9.62 Å². The summed E-state index contributed by atoms with van der Waals surface area (Å²) >= 11 is 0. The van der Waals surface area contributed by atoms with Gasteiger partial charge in [0, 0.05) is 31.6 Å². The molecule has 6 nitrogen and oxygen atoms in total. The van der Waals surface area contributed by atoms with Crippen molar-refractivity contribution >= 4 is 15.9 Å². The molecule has 7 heteroatoms. The molecule has 138 valence electrons. The van der Waals surface area contributed by atoms with Gasteiger partial charge in [-0.3, -0.25) is 4.79 Å². The van der Waals surface area contributed by atoms with Crippen LogP contribution in [0.3, 0.4) is 0 Å². The van der Waals surface area contributed by atoms with E-state index in [4.69, 9.17) is 5.73 Å². The second-order valence-electron chi connectivity index (χ2n) is 8.11. The summed E-state index contributed by atoms with van der Waals surface area (Å²) in [4.78, 5) is 15.0. The van der Waals surface area contributed by atoms with E-state index in [1.807, 2.05) is 4.90 Å². The number of rotatable bonds is 4. The van der Waals surface area contributed by atoms with Gasteiger partial charge in [-0.15, -0.1) is 0 Å². The molecule has 1 aliphatic heterocycles. The highest BCUT2D eigenvalue weighted by Gasteiger charge is 2.42. The first-order valence-corrected chi connectivity index (χ1v) is 11.2. The van der Waals surface area contributed by atoms with E-state index in [-0.39, 0.29) is 23.8 Å². The lowest BCUT2D eigenvalue weighted by molar-refractivity contribution is -0.140. The molecule has 2 aliphatic carbocycles. The molecule has 2 saturated carbocycles. The number of nitrogens with two attached hydrogens (primary N) is 1. The number of carbonyl (C=O) groups is 1. The Bertz CT molecular complexity index is 551. The van der Waals surface area contributed by atoms with Gasteiger partial charge in [0.15, 0.2) is 0 Å². The fraction of sp³-hybridized carbons (Fsp3) is 0.941. The predicted octanol–water partition coefficient (Wildman–Crippen LogP) is 0.928. The Hall–Kier alpha value is -0.660. The molecule has 1 amide bonds. The largest absolute Gasteiger partial charge is 0.342 e. The molecule has 0 aromatic carbocycles. The average Bonchev–Trinajstić information content (AvgIpc) is 2.52. The first-order valence-electron chi connectivity index (χ1n) is 9.32. The van der Waals surface area contributed by atoms with Crippen molar-refractivity contribution in [2.24, 2.45) is 29.4 Å². The van der Waals surface area contributed by atoms with E-state index in [9.17, 15) is 13.2 Å². The maximum Gasteiger partial charge on any atom is 0.225 e. The van der Waals surface area contributed by atoms with Crippen molar-refractivity contribution in [2.75, 3.05) is 25.9 Å². The summed E-state index contributed by atoms with van der Waals surface area (Å²) in [7, 11) is -3.17. The van der Waals surface area contributed by atoms with Crippen LogP contribution in [0.1, 0.15) is 44.9 Å². The van der Waals surface area contributed by atoms with Gasteiger partial charge in [0.25, 0.3) is 0 Å². The molecule has 0 aromatic heterocycles. The van der Waals surface area contributed by atoms with Gasteiger partial charge in [-0.1, -0.05) is 6.42 Å². The van der Waals surface area contributed by atoms with Crippen molar-refractivity contribution in [2.45, 2.75) is 51.0 Å². The summed E-state index contributed by atoms with van der Waals surface area (Å²) in [5.41, 5.74) is 6.34. The van der Waals surface area contributed by atoms with Gasteiger partial charge in [-0.2, -0.15) is 0 Å². The Morgan fingerprint density at radius 3 is 2.46 bits per heavy atom. The van der Waals surface area contributed by atoms with Crippen LogP contribution in [-0.4, -0.2) is 51.2 Å². The molecule has 0 spiro atoms. The monoisotopic (exact) mass is 357 g/mol. The smallest absolute Gasteiger partial charge is 0.225 e. The minimum atomic E-state index is -3.17. The minimum Gasteiger partial charge on any atom is -0.342 e. The molecular formula is C17H31N3O3S. The van der Waals surface area contributed by atoms with Crippen LogP contribution in [0.5, 0.6) is 0 Å². The Labute approximate surface area is 145 Å². The standard InChI is InChI=1S/C17H31N3O3S/c1-24(22,23)19-10-12-4-3-7-20(11-12)17(21)15-8-13-5-2-6-14(9-15)16(13)18/h12-16,19H,2-11,18H2,1H3. The van der Waals surface area contributed by atoms with Crippen LogP contribution in [0, 0.1) is 23.7 Å². The summed E-state index contributed by atoms with van der Waals surface area (Å²) in [6, 6.07) is 0.288. The van der Waals surface area contributed by atoms with Crippen molar-refractivity contribution in [3.05, 3.63) is 0 Å². The van der Waals surface area contributed by atoms with Gasteiger partial charge in [0.2, 0.25) is 15.9 Å². The van der Waals surface area contributed by atoms with Crippen molar-refractivity contribution in [1.29, 1.82) is 0 Å². The molecule has 0 aromatic rings. The number of carbonyl (C=O) groups excluding carboxylic acids is 1. The Kier molecular flexibility index (Phi) is 5.52. The summed E-state index contributed by atoms with van der Waals surface area (Å²) in [5.74, 6) is 1.66. The van der Waals surface area contributed by atoms with Gasteiger partial charge >= 0.3 is 0 Å². The van der Waals surface area contributed by atoms with E-state index in [1.54, 1.807) is 0 Å². The molecule has 3 N–H and O–H groups in total. The highest BCUT2D eigenvalue weighted by molar-refractivity contribution is 7.88. The van der Waals surface area contributed by atoms with Gasteiger partial charge in [0.1, 0.15) is 0 Å². The lowest BCUT2D eigenvalue weighted by atomic mass is 9.65. The van der Waals surface area contributed by atoms with Crippen molar-refractivity contribution < 1.29 is 13.2 Å². The third-order valence-corrected chi connectivity index (χ3v) is 6.92. The highest BCUT2D eigenvalue weighted by Crippen LogP contribution is 2.42. The number of sulfonamides is 1. The Morgan fingerprint density at radius 1 is 1.17 bits per heavy atom. The number of amides is 1. The number of nitrogens with one attached hydrogen (secondary N) is 1. The van der Waals surface area contributed by atoms with Crippen LogP contribution >= 0.6 is 0 Å². The Balaban J connectivity index is 1.56. The number of piperidine rings is 1. The van der Waals surface area contributed by atoms with Gasteiger partial charge in [-0.05, 0) is 56.3 Å². The lowest BCUT2D eigenvalue weighted by Crippen LogP contribution is -2.51. The van der Waals surface area contributed by atoms with Crippen LogP contribution in [0.15, 0.2) is 0 Å². The van der Waals surface area contributed by atoms with E-state index >= 15 is 0 Å². The van der Waals surface area contributed by atoms with Gasteiger partial charge < -0.3 is 10.6 Å². The molecule has 0 radical (unpaired) electrons. The molecule has 3 atom stereocenters. The van der Waals surface area contributed by atoms with E-state index in [1.165, 1.54) is 25.5 Å². The lowest BCUT2D eigenvalue weighted by Gasteiger charge is -2.45. The van der Waals surface area contributed by atoms with Crippen molar-refractivity contribution in [3.63, 3.8) is 0 Å². The maximum absolute atomic E-state index is 13.0. The molecule has 24 heavy (non-hydrogen) atoms. The molecule has 2 bridgehead atoms. The van der Waals surface area contributed by atoms with Crippen LogP contribution in [0.25, 0.3) is 0 Å². The molecular weight excluding hydrogens is 326 g/mol. The zero-order valence-electron chi connectivity index (χ0n) is 14.6. The minimum absolute atomic E-state index is 0.127. The fourth-order valence-electron chi connectivity index (χ4n) is 4.95. The number of fused-ring (bicyclic) bond motifs is 2. The molecule has 3 aliphatic rings. The average molecular weight is 358 g/mol. The van der Waals surface area contributed by atoms with Gasteiger partial charge in [-0.25, -0.2) is 13.1 Å². The zero-order chi connectivity index (χ0) is 17.3. The maximum atomic E-state index is 13.0. The molecule has 3 rings (SSSR count). The van der Waals surface area contributed by atoms with Crippen LogP contribution in [0.2, 0.25) is 0 Å². The normalized spacial score (nSPS) is 37.2. The topological polar surface area (TPSA) is 92.5 Å². The van der Waals surface area contributed by atoms with Crippen molar-refractivity contribution in [3.8, 4) is 0 Å². The molecule has 3 unspecified atom stereocenters. The SMILES string of the molecule is CS(=O)(=O)NCC1CCCN(C(=O)C2CC3CCCC(C2)C3N)C1. The van der Waals surface area contributed by atoms with Crippen LogP contribution in [0.4, 0.5) is 0 Å². The first-order chi connectivity index (χ1) is 11.3. The summed E-state index contributed by atoms with van der Waals surface area (Å²) in [5, 5.41) is 0. The van der Waals surface area contributed by atoms with E-state index in [0.717, 1.165) is 32.2 Å². The van der Waals surface area contributed by atoms with E-state index in [0.29, 0.717) is 24.9 Å². The second kappa shape index (κ2) is 7.30. The van der Waals surface area contributed by atoms with Crippen LogP contribution in [-0.2, 0) is 14.8 Å². The van der Waals surface area contributed by atoms with Gasteiger partial charge in [0.05, 0.1) is 6.26 Å².